The van der Waals surface area contributed by atoms with Crippen LogP contribution in [0.4, 0.5) is 0 Å². The number of rotatable bonds is 1. The van der Waals surface area contributed by atoms with Crippen molar-refractivity contribution in [3.05, 3.63) is 0 Å². The summed E-state index contributed by atoms with van der Waals surface area (Å²) in [6.07, 6.45) is 1.38. The van der Waals surface area contributed by atoms with Crippen molar-refractivity contribution in [3.63, 3.8) is 0 Å². The molecule has 0 saturated heterocycles. The molecule has 0 bridgehead atoms. The summed E-state index contributed by atoms with van der Waals surface area (Å²) in [7, 11) is 0. The topological polar surface area (TPSA) is 38.4 Å². The standard InChI is InChI=1S/CH3N2.HI.Pb/c2-1-3;;/h1H,(H2-,2,3);1H;/q-1;;+2/p-1. The van der Waals surface area contributed by atoms with Crippen LogP contribution in [0.2, 0.25) is 0 Å². The van der Waals surface area contributed by atoms with Crippen molar-refractivity contribution in [2.45, 2.75) is 0 Å². The van der Waals surface area contributed by atoms with Gasteiger partial charge in [-0.15, -0.1) is 0 Å². The summed E-state index contributed by atoms with van der Waals surface area (Å²) in [5.41, 5.74) is 4.89. The second-order valence-corrected chi connectivity index (χ2v) is 6.26. The fourth-order valence-electron chi connectivity index (χ4n) is 0.0282. The Bertz CT molecular complexity index is 36.6. The summed E-state index contributed by atoms with van der Waals surface area (Å²) in [6, 6.07) is 0. The van der Waals surface area contributed by atoms with E-state index in [1.807, 2.05) is 0 Å². The van der Waals surface area contributed by atoms with Gasteiger partial charge in [-0.25, -0.2) is 0 Å². The van der Waals surface area contributed by atoms with Gasteiger partial charge in [0.1, 0.15) is 0 Å². The molecule has 0 heterocycles. The van der Waals surface area contributed by atoms with E-state index in [0.717, 1.165) is 0 Å². The van der Waals surface area contributed by atoms with E-state index in [-0.39, 0.29) is 0 Å². The third-order valence-electron chi connectivity index (χ3n) is 0.123. The Balaban J connectivity index is 2.62. The Labute approximate surface area is 52.3 Å². The molecule has 0 aliphatic rings. The minimum absolute atomic E-state index is 0.544. The number of nitrogens with two attached hydrogens (primary N) is 1. The van der Waals surface area contributed by atoms with Crippen molar-refractivity contribution in [3.8, 4) is 0 Å². The first-order valence-corrected chi connectivity index (χ1v) is 13.7. The fourth-order valence-corrected chi connectivity index (χ4v) is 1.66. The van der Waals surface area contributed by atoms with Gasteiger partial charge < -0.3 is 0 Å². The molecular formula is CH3IN2Pb. The Hall–Kier alpha value is 1.12. The van der Waals surface area contributed by atoms with Gasteiger partial charge in [-0.2, -0.15) is 0 Å². The molecule has 0 aliphatic carbocycles. The number of nitrogens with zero attached hydrogens (tertiary/aromatic N) is 1. The van der Waals surface area contributed by atoms with Crippen LogP contribution < -0.4 is 5.73 Å². The van der Waals surface area contributed by atoms with Gasteiger partial charge in [0.05, 0.1) is 0 Å². The van der Waals surface area contributed by atoms with Gasteiger partial charge in [-0.05, 0) is 0 Å². The normalized spacial score (nSPS) is 9.80. The molecule has 0 amide bonds. The first kappa shape index (κ1) is 6.12. The third-order valence-corrected chi connectivity index (χ3v) is 3.53. The van der Waals surface area contributed by atoms with Crippen LogP contribution in [-0.2, 0) is 0 Å². The molecule has 28 valence electrons. The molecule has 0 fully saturated rings. The Kier molecular flexibility index (Phi) is 6.27. The number of halogens is 1. The van der Waals surface area contributed by atoms with Gasteiger partial charge in [-0.1, -0.05) is 0 Å². The minimum atomic E-state index is -0.544. The zero-order chi connectivity index (χ0) is 4.12. The predicted molar refractivity (Wildman–Crippen MR) is 32.5 cm³/mol. The first-order chi connectivity index (χ1) is 2.41. The molecule has 0 aromatic rings. The Morgan fingerprint density at radius 2 is 2.60 bits per heavy atom. The summed E-state index contributed by atoms with van der Waals surface area (Å²) >= 11 is 1.76. The van der Waals surface area contributed by atoms with Crippen LogP contribution in [0.1, 0.15) is 0 Å². The van der Waals surface area contributed by atoms with Crippen LogP contribution in [-0.4, -0.2) is 26.6 Å². The van der Waals surface area contributed by atoms with Crippen molar-refractivity contribution in [1.29, 1.82) is 0 Å². The molecule has 0 spiro atoms. The van der Waals surface area contributed by atoms with Crippen molar-refractivity contribution in [2.24, 2.45) is 8.54 Å². The molecule has 0 aromatic carbocycles. The summed E-state index contributed by atoms with van der Waals surface area (Å²) < 4.78 is 3.81. The van der Waals surface area contributed by atoms with Crippen molar-refractivity contribution in [2.75, 3.05) is 0 Å². The maximum atomic E-state index is 4.89. The van der Waals surface area contributed by atoms with Gasteiger partial charge in [0.25, 0.3) is 0 Å². The summed E-state index contributed by atoms with van der Waals surface area (Å²) in [5, 5.41) is 0. The van der Waals surface area contributed by atoms with Crippen molar-refractivity contribution in [1.82, 2.24) is 0 Å². The molecule has 4 heteroatoms. The SMILES string of the molecule is N/C=[N]/[Pb][I]. The van der Waals surface area contributed by atoms with Crippen LogP contribution in [0.5, 0.6) is 0 Å². The Morgan fingerprint density at radius 1 is 2.00 bits per heavy atom. The van der Waals surface area contributed by atoms with Gasteiger partial charge in [0.2, 0.25) is 0 Å². The summed E-state index contributed by atoms with van der Waals surface area (Å²) in [6.45, 7) is 0. The zero-order valence-corrected chi connectivity index (χ0v) is 8.52. The molecule has 0 aromatic heterocycles. The van der Waals surface area contributed by atoms with Gasteiger partial charge in [0, 0.05) is 0 Å². The third kappa shape index (κ3) is 5.12. The molecule has 2 radical (unpaired) electrons. The van der Waals surface area contributed by atoms with Gasteiger partial charge >= 0.3 is 52.9 Å². The molecule has 0 aliphatic heterocycles. The average molecular weight is 377 g/mol. The maximum absolute atomic E-state index is 4.89. The molecule has 0 saturated carbocycles. The second kappa shape index (κ2) is 5.12. The van der Waals surface area contributed by atoms with E-state index in [9.17, 15) is 0 Å². The Morgan fingerprint density at radius 3 is 2.60 bits per heavy atom. The van der Waals surface area contributed by atoms with E-state index in [2.05, 4.69) is 20.6 Å². The second-order valence-electron chi connectivity index (χ2n) is 0.363. The van der Waals surface area contributed by atoms with E-state index in [1.54, 1.807) is 0 Å². The number of hydrogen-bond donors (Lipinski definition) is 1. The summed E-state index contributed by atoms with van der Waals surface area (Å²) in [4.78, 5) is 0. The van der Waals surface area contributed by atoms with Crippen LogP contribution in [0.3, 0.4) is 0 Å². The molecule has 5 heavy (non-hydrogen) atoms. The quantitative estimate of drug-likeness (QED) is 0.296. The molecule has 0 unspecified atom stereocenters. The van der Waals surface area contributed by atoms with Crippen molar-refractivity contribution < 1.29 is 0 Å². The molecule has 2 N–H and O–H groups in total. The van der Waals surface area contributed by atoms with E-state index >= 15 is 0 Å². The molecule has 2 nitrogen and oxygen atoms in total. The van der Waals surface area contributed by atoms with Crippen molar-refractivity contribution >= 4 is 44.3 Å². The first-order valence-electron chi connectivity index (χ1n) is 1.00. The number of hydrogen-bond acceptors (Lipinski definition) is 1. The van der Waals surface area contributed by atoms with Crippen LogP contribution >= 0.6 is 17.8 Å². The summed E-state index contributed by atoms with van der Waals surface area (Å²) in [5.74, 6) is 0. The zero-order valence-electron chi connectivity index (χ0n) is 2.48. The van der Waals surface area contributed by atoms with Crippen LogP contribution in [0.15, 0.2) is 2.80 Å². The monoisotopic (exact) mass is 378 g/mol. The van der Waals surface area contributed by atoms with Crippen LogP contribution in [0, 0.1) is 0 Å². The molecule has 0 atom stereocenters. The van der Waals surface area contributed by atoms with E-state index in [1.165, 1.54) is 6.34 Å². The average Bonchev–Trinajstić information content (AvgIpc) is 1.41. The van der Waals surface area contributed by atoms with Crippen LogP contribution in [0.25, 0.3) is 0 Å². The van der Waals surface area contributed by atoms with E-state index < -0.39 is 20.2 Å². The van der Waals surface area contributed by atoms with E-state index in [4.69, 9.17) is 5.73 Å². The molecular weight excluding hydrogens is 374 g/mol. The van der Waals surface area contributed by atoms with Gasteiger partial charge in [-0.3, -0.25) is 0 Å². The van der Waals surface area contributed by atoms with E-state index in [0.29, 0.717) is 0 Å². The van der Waals surface area contributed by atoms with Gasteiger partial charge in [0.15, 0.2) is 0 Å². The predicted octanol–water partition coefficient (Wildman–Crippen LogP) is -0.0574. The fraction of sp³-hybridized carbons (Fsp3) is 0. The molecule has 0 rings (SSSR count).